The zero-order valence-corrected chi connectivity index (χ0v) is 15.1. The van der Waals surface area contributed by atoms with E-state index in [1.54, 1.807) is 24.4 Å². The van der Waals surface area contributed by atoms with Crippen LogP contribution in [0.3, 0.4) is 0 Å². The molecule has 130 valence electrons. The molecule has 0 fully saturated rings. The smallest absolute Gasteiger partial charge is 0.272 e. The van der Waals surface area contributed by atoms with Gasteiger partial charge in [0.25, 0.3) is 10.0 Å². The number of anilines is 2. The Kier molecular flexibility index (Phi) is 5.25. The third-order valence-electron chi connectivity index (χ3n) is 3.33. The molecule has 3 heterocycles. The van der Waals surface area contributed by atoms with Gasteiger partial charge in [-0.3, -0.25) is 9.71 Å². The van der Waals surface area contributed by atoms with Gasteiger partial charge >= 0.3 is 0 Å². The van der Waals surface area contributed by atoms with Crippen molar-refractivity contribution in [1.82, 2.24) is 15.2 Å². The van der Waals surface area contributed by atoms with Gasteiger partial charge in [0.1, 0.15) is 10.0 Å². The van der Waals surface area contributed by atoms with Crippen LogP contribution in [0.5, 0.6) is 0 Å². The summed E-state index contributed by atoms with van der Waals surface area (Å²) in [4.78, 5) is 5.22. The minimum Gasteiger partial charge on any atom is -0.363 e. The number of aryl methyl sites for hydroxylation is 1. The summed E-state index contributed by atoms with van der Waals surface area (Å²) < 4.78 is 27.4. The molecular weight excluding hydrogens is 358 g/mol. The van der Waals surface area contributed by atoms with Gasteiger partial charge in [0, 0.05) is 11.1 Å². The number of sulfonamides is 1. The van der Waals surface area contributed by atoms with E-state index in [2.05, 4.69) is 25.2 Å². The van der Waals surface area contributed by atoms with Crippen LogP contribution in [0.1, 0.15) is 17.5 Å². The first-order chi connectivity index (χ1) is 12.1. The molecule has 3 aromatic heterocycles. The van der Waals surface area contributed by atoms with Crippen molar-refractivity contribution in [1.29, 1.82) is 0 Å². The highest BCUT2D eigenvalue weighted by Gasteiger charge is 2.17. The fraction of sp³-hybridized carbons (Fsp3) is 0.188. The Morgan fingerprint density at radius 3 is 2.48 bits per heavy atom. The van der Waals surface area contributed by atoms with Crippen molar-refractivity contribution in [2.45, 2.75) is 24.1 Å². The molecule has 25 heavy (non-hydrogen) atoms. The minimum absolute atomic E-state index is 0.176. The maximum absolute atomic E-state index is 12.3. The van der Waals surface area contributed by atoms with Crippen LogP contribution in [0.25, 0.3) is 0 Å². The Balaban J connectivity index is 1.64. The Morgan fingerprint density at radius 2 is 1.84 bits per heavy atom. The molecule has 7 nitrogen and oxygen atoms in total. The van der Waals surface area contributed by atoms with E-state index in [-0.39, 0.29) is 10.0 Å². The average molecular weight is 375 g/mol. The molecule has 3 aromatic rings. The molecule has 0 aliphatic heterocycles. The number of nitrogens with one attached hydrogen (secondary N) is 2. The number of hydrogen-bond acceptors (Lipinski definition) is 7. The molecule has 0 aliphatic carbocycles. The lowest BCUT2D eigenvalue weighted by molar-refractivity contribution is 0.603. The van der Waals surface area contributed by atoms with Gasteiger partial charge in [0.2, 0.25) is 0 Å². The summed E-state index contributed by atoms with van der Waals surface area (Å²) in [5, 5.41) is 11.0. The standard InChI is InChI=1S/C16H17N5O2S2/c1-2-13-6-9-16(24-13)25(22,23)21-15-8-7-14(19-20-15)18-11-12-5-3-4-10-17-12/h3-10H,2,11H2,1H3,(H,18,19)(H,20,21). The quantitative estimate of drug-likeness (QED) is 0.659. The van der Waals surface area contributed by atoms with Crippen LogP contribution >= 0.6 is 11.3 Å². The van der Waals surface area contributed by atoms with E-state index >= 15 is 0 Å². The summed E-state index contributed by atoms with van der Waals surface area (Å²) in [5.74, 6) is 0.716. The second-order valence-corrected chi connectivity index (χ2v) is 8.24. The van der Waals surface area contributed by atoms with Crippen molar-refractivity contribution in [2.24, 2.45) is 0 Å². The summed E-state index contributed by atoms with van der Waals surface area (Å²) in [5.41, 5.74) is 0.874. The summed E-state index contributed by atoms with van der Waals surface area (Å²) >= 11 is 1.25. The van der Waals surface area contributed by atoms with Crippen LogP contribution in [0.2, 0.25) is 0 Å². The van der Waals surface area contributed by atoms with E-state index in [0.29, 0.717) is 12.4 Å². The average Bonchev–Trinajstić information content (AvgIpc) is 3.12. The molecule has 0 saturated heterocycles. The van der Waals surface area contributed by atoms with Gasteiger partial charge in [-0.05, 0) is 42.8 Å². The Labute approximate surface area is 150 Å². The van der Waals surface area contributed by atoms with Crippen LogP contribution in [-0.4, -0.2) is 23.6 Å². The van der Waals surface area contributed by atoms with Gasteiger partial charge < -0.3 is 5.32 Å². The van der Waals surface area contributed by atoms with Crippen molar-refractivity contribution in [3.05, 3.63) is 59.2 Å². The lowest BCUT2D eigenvalue weighted by atomic mass is 10.3. The lowest BCUT2D eigenvalue weighted by Gasteiger charge is -2.07. The molecule has 3 rings (SSSR count). The van der Waals surface area contributed by atoms with E-state index in [0.717, 1.165) is 17.0 Å². The molecule has 0 amide bonds. The zero-order valence-electron chi connectivity index (χ0n) is 13.5. The molecule has 0 aromatic carbocycles. The number of aromatic nitrogens is 3. The van der Waals surface area contributed by atoms with Crippen LogP contribution in [-0.2, 0) is 23.0 Å². The predicted octanol–water partition coefficient (Wildman–Crippen LogP) is 2.91. The van der Waals surface area contributed by atoms with Gasteiger partial charge in [-0.25, -0.2) is 8.42 Å². The van der Waals surface area contributed by atoms with Crippen LogP contribution in [0, 0.1) is 0 Å². The predicted molar refractivity (Wildman–Crippen MR) is 98.1 cm³/mol. The number of nitrogens with zero attached hydrogens (tertiary/aromatic N) is 3. The first-order valence-corrected chi connectivity index (χ1v) is 9.96. The zero-order chi connectivity index (χ0) is 17.7. The number of hydrogen-bond donors (Lipinski definition) is 2. The molecule has 0 bridgehead atoms. The first-order valence-electron chi connectivity index (χ1n) is 7.66. The summed E-state index contributed by atoms with van der Waals surface area (Å²) in [6.07, 6.45) is 2.52. The Bertz CT molecular complexity index is 925. The summed E-state index contributed by atoms with van der Waals surface area (Å²) in [7, 11) is -3.64. The lowest BCUT2D eigenvalue weighted by Crippen LogP contribution is -2.13. The largest absolute Gasteiger partial charge is 0.363 e. The number of thiophene rings is 1. The van der Waals surface area contributed by atoms with E-state index < -0.39 is 10.0 Å². The Hall–Kier alpha value is -2.52. The number of pyridine rings is 1. The van der Waals surface area contributed by atoms with E-state index in [4.69, 9.17) is 0 Å². The molecule has 0 unspecified atom stereocenters. The third-order valence-corrected chi connectivity index (χ3v) is 6.41. The highest BCUT2D eigenvalue weighted by atomic mass is 32.2. The van der Waals surface area contributed by atoms with Crippen molar-refractivity contribution in [3.63, 3.8) is 0 Å². The SMILES string of the molecule is CCc1ccc(S(=O)(=O)Nc2ccc(NCc3ccccn3)nn2)s1. The van der Waals surface area contributed by atoms with Gasteiger partial charge in [-0.2, -0.15) is 0 Å². The maximum atomic E-state index is 12.3. The molecule has 0 spiro atoms. The minimum atomic E-state index is -3.64. The Morgan fingerprint density at radius 1 is 1.04 bits per heavy atom. The van der Waals surface area contributed by atoms with Crippen LogP contribution in [0.15, 0.2) is 52.9 Å². The second-order valence-electron chi connectivity index (χ2n) is 5.16. The number of rotatable bonds is 7. The van der Waals surface area contributed by atoms with Crippen LogP contribution < -0.4 is 10.0 Å². The van der Waals surface area contributed by atoms with Crippen molar-refractivity contribution in [3.8, 4) is 0 Å². The molecule has 0 radical (unpaired) electrons. The van der Waals surface area contributed by atoms with Crippen molar-refractivity contribution in [2.75, 3.05) is 10.0 Å². The van der Waals surface area contributed by atoms with Gasteiger partial charge in [-0.1, -0.05) is 13.0 Å². The topological polar surface area (TPSA) is 96.9 Å². The summed E-state index contributed by atoms with van der Waals surface area (Å²) in [6, 6.07) is 12.3. The van der Waals surface area contributed by atoms with Gasteiger partial charge in [0.05, 0.1) is 12.2 Å². The molecule has 0 aliphatic rings. The highest BCUT2D eigenvalue weighted by Crippen LogP contribution is 2.23. The fourth-order valence-corrected chi connectivity index (χ4v) is 4.34. The van der Waals surface area contributed by atoms with E-state index in [1.807, 2.05) is 31.2 Å². The molecule has 2 N–H and O–H groups in total. The van der Waals surface area contributed by atoms with Gasteiger partial charge in [0.15, 0.2) is 5.82 Å². The fourth-order valence-electron chi connectivity index (χ4n) is 2.05. The summed E-state index contributed by atoms with van der Waals surface area (Å²) in [6.45, 7) is 2.49. The van der Waals surface area contributed by atoms with Crippen molar-refractivity contribution >= 4 is 33.0 Å². The third kappa shape index (κ3) is 4.52. The maximum Gasteiger partial charge on any atom is 0.272 e. The highest BCUT2D eigenvalue weighted by molar-refractivity contribution is 7.94. The molecular formula is C16H17N5O2S2. The normalized spacial score (nSPS) is 11.2. The monoisotopic (exact) mass is 375 g/mol. The molecule has 0 saturated carbocycles. The molecule has 9 heteroatoms. The second kappa shape index (κ2) is 7.58. The van der Waals surface area contributed by atoms with Gasteiger partial charge in [-0.15, -0.1) is 21.5 Å². The molecule has 0 atom stereocenters. The van der Waals surface area contributed by atoms with Crippen LogP contribution in [0.4, 0.5) is 11.6 Å². The van der Waals surface area contributed by atoms with E-state index in [9.17, 15) is 8.42 Å². The van der Waals surface area contributed by atoms with E-state index in [1.165, 1.54) is 11.3 Å². The van der Waals surface area contributed by atoms with Crippen molar-refractivity contribution < 1.29 is 8.42 Å². The first kappa shape index (κ1) is 17.3.